The average molecular weight is 210 g/mol. The monoisotopic (exact) mass is 210 g/mol. The van der Waals surface area contributed by atoms with Gasteiger partial charge in [-0.1, -0.05) is 24.9 Å². The first-order valence-corrected chi connectivity index (χ1v) is 5.79. The van der Waals surface area contributed by atoms with Crippen LogP contribution in [0.2, 0.25) is 0 Å². The molecule has 2 rings (SSSR count). The van der Waals surface area contributed by atoms with Gasteiger partial charge in [-0.15, -0.1) is 0 Å². The highest BCUT2D eigenvalue weighted by Crippen LogP contribution is 2.26. The van der Waals surface area contributed by atoms with E-state index in [1.807, 2.05) is 6.92 Å². The largest absolute Gasteiger partial charge is 0.393 e. The quantitative estimate of drug-likeness (QED) is 0.825. The average Bonchev–Trinajstić information content (AvgIpc) is 2.69. The van der Waals surface area contributed by atoms with Crippen LogP contribution in [-0.2, 0) is 12.8 Å². The van der Waals surface area contributed by atoms with E-state index in [0.717, 1.165) is 37.9 Å². The van der Waals surface area contributed by atoms with Crippen LogP contribution in [0, 0.1) is 5.92 Å². The van der Waals surface area contributed by atoms with Crippen LogP contribution in [0.1, 0.15) is 44.3 Å². The number of nitrogens with zero attached hydrogens (tertiary/aromatic N) is 2. The molecule has 84 valence electrons. The molecule has 4 nitrogen and oxygen atoms in total. The lowest BCUT2D eigenvalue weighted by molar-refractivity contribution is 0.0657. The van der Waals surface area contributed by atoms with Crippen LogP contribution in [-0.4, -0.2) is 21.4 Å². The third-order valence-electron chi connectivity index (χ3n) is 3.13. The zero-order valence-corrected chi connectivity index (χ0v) is 9.15. The van der Waals surface area contributed by atoms with Crippen molar-refractivity contribution < 1.29 is 9.63 Å². The van der Waals surface area contributed by atoms with Gasteiger partial charge in [-0.25, -0.2) is 0 Å². The molecule has 1 aromatic rings. The molecule has 0 aromatic carbocycles. The number of rotatable bonds is 3. The third-order valence-corrected chi connectivity index (χ3v) is 3.13. The van der Waals surface area contributed by atoms with Gasteiger partial charge in [0.25, 0.3) is 0 Å². The number of hydrogen-bond donors (Lipinski definition) is 1. The summed E-state index contributed by atoms with van der Waals surface area (Å²) in [6.07, 6.45) is 5.68. The lowest BCUT2D eigenvalue weighted by atomic mass is 9.84. The lowest BCUT2D eigenvalue weighted by Gasteiger charge is -2.26. The fraction of sp³-hybridized carbons (Fsp3) is 0.818. The molecular weight excluding hydrogens is 192 g/mol. The summed E-state index contributed by atoms with van der Waals surface area (Å²) in [6.45, 7) is 2.00. The molecule has 0 spiro atoms. The van der Waals surface area contributed by atoms with E-state index in [0.29, 0.717) is 11.8 Å². The van der Waals surface area contributed by atoms with E-state index in [1.165, 1.54) is 6.42 Å². The molecule has 1 saturated carbocycles. The van der Waals surface area contributed by atoms with E-state index in [-0.39, 0.29) is 6.10 Å². The molecular formula is C11H18N2O2. The Kier molecular flexibility index (Phi) is 3.36. The van der Waals surface area contributed by atoms with Gasteiger partial charge in [-0.2, -0.15) is 4.98 Å². The molecule has 1 aromatic heterocycles. The Morgan fingerprint density at radius 1 is 1.40 bits per heavy atom. The van der Waals surface area contributed by atoms with Crippen molar-refractivity contribution >= 4 is 0 Å². The van der Waals surface area contributed by atoms with E-state index < -0.39 is 0 Å². The second-order valence-electron chi connectivity index (χ2n) is 4.27. The van der Waals surface area contributed by atoms with Crippen molar-refractivity contribution in [3.05, 3.63) is 11.7 Å². The highest BCUT2D eigenvalue weighted by Gasteiger charge is 2.25. The van der Waals surface area contributed by atoms with E-state index in [4.69, 9.17) is 4.52 Å². The van der Waals surface area contributed by atoms with Crippen molar-refractivity contribution in [3.63, 3.8) is 0 Å². The standard InChI is InChI=1S/C11H18N2O2/c1-2-10-12-11(15-13-10)7-8-5-3-4-6-9(8)14/h8-9,14H,2-7H2,1H3. The second kappa shape index (κ2) is 4.75. The summed E-state index contributed by atoms with van der Waals surface area (Å²) in [5.41, 5.74) is 0. The Morgan fingerprint density at radius 2 is 2.20 bits per heavy atom. The fourth-order valence-corrected chi connectivity index (χ4v) is 2.17. The summed E-state index contributed by atoms with van der Waals surface area (Å²) in [5, 5.41) is 13.7. The fourth-order valence-electron chi connectivity index (χ4n) is 2.17. The number of aromatic nitrogens is 2. The van der Waals surface area contributed by atoms with E-state index >= 15 is 0 Å². The van der Waals surface area contributed by atoms with Gasteiger partial charge in [-0.05, 0) is 18.8 Å². The molecule has 0 saturated heterocycles. The third kappa shape index (κ3) is 2.56. The Balaban J connectivity index is 1.95. The van der Waals surface area contributed by atoms with Gasteiger partial charge in [0, 0.05) is 12.8 Å². The minimum atomic E-state index is -0.185. The van der Waals surface area contributed by atoms with Gasteiger partial charge in [-0.3, -0.25) is 0 Å². The topological polar surface area (TPSA) is 59.2 Å². The Labute approximate surface area is 89.7 Å². The van der Waals surface area contributed by atoms with Crippen molar-refractivity contribution in [2.75, 3.05) is 0 Å². The molecule has 1 aliphatic carbocycles. The Bertz CT molecular complexity index is 311. The molecule has 1 N–H and O–H groups in total. The molecule has 4 heteroatoms. The second-order valence-corrected chi connectivity index (χ2v) is 4.27. The Hall–Kier alpha value is -0.900. The number of aliphatic hydroxyl groups is 1. The van der Waals surface area contributed by atoms with Crippen LogP contribution >= 0.6 is 0 Å². The van der Waals surface area contributed by atoms with Gasteiger partial charge in [0.1, 0.15) is 0 Å². The summed E-state index contributed by atoms with van der Waals surface area (Å²) in [6, 6.07) is 0. The van der Waals surface area contributed by atoms with Crippen molar-refractivity contribution in [2.24, 2.45) is 5.92 Å². The summed E-state index contributed by atoms with van der Waals surface area (Å²) in [7, 11) is 0. The molecule has 1 aliphatic rings. The summed E-state index contributed by atoms with van der Waals surface area (Å²) in [4.78, 5) is 4.27. The van der Waals surface area contributed by atoms with Crippen LogP contribution in [0.4, 0.5) is 0 Å². The van der Waals surface area contributed by atoms with Crippen molar-refractivity contribution in [1.82, 2.24) is 10.1 Å². The van der Waals surface area contributed by atoms with Crippen LogP contribution in [0.3, 0.4) is 0 Å². The summed E-state index contributed by atoms with van der Waals surface area (Å²) in [5.74, 6) is 1.75. The zero-order valence-electron chi connectivity index (χ0n) is 9.15. The minimum Gasteiger partial charge on any atom is -0.393 e. The summed E-state index contributed by atoms with van der Waals surface area (Å²) >= 11 is 0. The van der Waals surface area contributed by atoms with E-state index in [2.05, 4.69) is 10.1 Å². The van der Waals surface area contributed by atoms with E-state index in [1.54, 1.807) is 0 Å². The smallest absolute Gasteiger partial charge is 0.227 e. The van der Waals surface area contributed by atoms with Crippen molar-refractivity contribution in [1.29, 1.82) is 0 Å². The highest BCUT2D eigenvalue weighted by atomic mass is 16.5. The summed E-state index contributed by atoms with van der Waals surface area (Å²) < 4.78 is 5.13. The van der Waals surface area contributed by atoms with Crippen LogP contribution in [0.15, 0.2) is 4.52 Å². The number of aliphatic hydroxyl groups excluding tert-OH is 1. The molecule has 0 aliphatic heterocycles. The van der Waals surface area contributed by atoms with E-state index in [9.17, 15) is 5.11 Å². The molecule has 15 heavy (non-hydrogen) atoms. The van der Waals surface area contributed by atoms with Gasteiger partial charge >= 0.3 is 0 Å². The van der Waals surface area contributed by atoms with Crippen LogP contribution in [0.25, 0.3) is 0 Å². The lowest BCUT2D eigenvalue weighted by Crippen LogP contribution is -2.26. The normalized spacial score (nSPS) is 26.8. The van der Waals surface area contributed by atoms with Crippen molar-refractivity contribution in [3.8, 4) is 0 Å². The molecule has 1 heterocycles. The minimum absolute atomic E-state index is 0.185. The molecule has 0 radical (unpaired) electrons. The molecule has 1 fully saturated rings. The molecule has 0 amide bonds. The number of aryl methyl sites for hydroxylation is 1. The molecule has 0 bridgehead atoms. The molecule has 2 unspecified atom stereocenters. The molecule has 2 atom stereocenters. The van der Waals surface area contributed by atoms with Gasteiger partial charge < -0.3 is 9.63 Å². The predicted octanol–water partition coefficient (Wildman–Crippen LogP) is 1.73. The predicted molar refractivity (Wildman–Crippen MR) is 55.3 cm³/mol. The maximum atomic E-state index is 9.80. The van der Waals surface area contributed by atoms with Gasteiger partial charge in [0.05, 0.1) is 6.10 Å². The number of hydrogen-bond acceptors (Lipinski definition) is 4. The SMILES string of the molecule is CCc1noc(CC2CCCCC2O)n1. The first-order valence-electron chi connectivity index (χ1n) is 5.79. The first-order chi connectivity index (χ1) is 7.29. The van der Waals surface area contributed by atoms with Crippen molar-refractivity contribution in [2.45, 2.75) is 51.6 Å². The highest BCUT2D eigenvalue weighted by molar-refractivity contribution is 4.89. The maximum Gasteiger partial charge on any atom is 0.227 e. The van der Waals surface area contributed by atoms with Gasteiger partial charge in [0.15, 0.2) is 5.82 Å². The maximum absolute atomic E-state index is 9.80. The Morgan fingerprint density at radius 3 is 2.87 bits per heavy atom. The van der Waals surface area contributed by atoms with Crippen LogP contribution < -0.4 is 0 Å². The zero-order chi connectivity index (χ0) is 10.7. The van der Waals surface area contributed by atoms with Gasteiger partial charge in [0.2, 0.25) is 5.89 Å². The first kappa shape index (κ1) is 10.6. The van der Waals surface area contributed by atoms with Crippen LogP contribution in [0.5, 0.6) is 0 Å².